The molecule has 0 saturated heterocycles. The van der Waals surface area contributed by atoms with Crippen molar-refractivity contribution in [3.8, 4) is 33.9 Å². The molecule has 39 heavy (non-hydrogen) atoms. The topological polar surface area (TPSA) is 125 Å². The number of hydrogen-bond donors (Lipinski definition) is 3. The van der Waals surface area contributed by atoms with Crippen molar-refractivity contribution in [2.45, 2.75) is 27.2 Å². The molecule has 0 radical (unpaired) electrons. The first kappa shape index (κ1) is 24.4. The average molecular weight is 521 g/mol. The Balaban J connectivity index is 1.39. The largest absolute Gasteiger partial charge is 0.336 e. The van der Waals surface area contributed by atoms with E-state index in [1.54, 1.807) is 24.8 Å². The minimum absolute atomic E-state index is 0.0539. The van der Waals surface area contributed by atoms with Crippen molar-refractivity contribution >= 4 is 33.7 Å². The number of fused-ring (bicyclic) bond motifs is 2. The van der Waals surface area contributed by atoms with Crippen LogP contribution < -0.4 is 5.32 Å². The van der Waals surface area contributed by atoms with Gasteiger partial charge in [0, 0.05) is 41.7 Å². The van der Waals surface area contributed by atoms with Crippen molar-refractivity contribution in [1.82, 2.24) is 35.1 Å². The van der Waals surface area contributed by atoms with Crippen LogP contribution in [0.2, 0.25) is 0 Å². The molecule has 6 aromatic rings. The zero-order valence-corrected chi connectivity index (χ0v) is 21.6. The molecule has 3 N–H and O–H groups in total. The second-order valence-corrected chi connectivity index (χ2v) is 9.96. The van der Waals surface area contributed by atoms with Crippen molar-refractivity contribution in [3.63, 3.8) is 0 Å². The fourth-order valence-electron chi connectivity index (χ4n) is 4.62. The van der Waals surface area contributed by atoms with Crippen LogP contribution in [0, 0.1) is 18.7 Å². The Kier molecular flexibility index (Phi) is 6.07. The Morgan fingerprint density at radius 2 is 1.85 bits per heavy atom. The summed E-state index contributed by atoms with van der Waals surface area (Å²) in [6.07, 6.45) is 7.18. The van der Waals surface area contributed by atoms with Gasteiger partial charge in [-0.3, -0.25) is 19.9 Å². The van der Waals surface area contributed by atoms with Crippen molar-refractivity contribution in [2.75, 3.05) is 5.32 Å². The van der Waals surface area contributed by atoms with Crippen molar-refractivity contribution in [2.24, 2.45) is 5.92 Å². The number of hydrogen-bond acceptors (Lipinski definition) is 6. The Morgan fingerprint density at radius 1 is 1.00 bits per heavy atom. The molecule has 1 aromatic carbocycles. The van der Waals surface area contributed by atoms with Gasteiger partial charge in [0.25, 0.3) is 0 Å². The van der Waals surface area contributed by atoms with Gasteiger partial charge in [0.2, 0.25) is 5.91 Å². The van der Waals surface area contributed by atoms with Crippen LogP contribution in [0.25, 0.3) is 56.0 Å². The van der Waals surface area contributed by atoms with Gasteiger partial charge in [-0.2, -0.15) is 5.10 Å². The molecule has 10 heteroatoms. The molecule has 0 aliphatic heterocycles. The highest BCUT2D eigenvalue weighted by Crippen LogP contribution is 2.32. The van der Waals surface area contributed by atoms with Gasteiger partial charge in [0.05, 0.1) is 28.5 Å². The van der Waals surface area contributed by atoms with Gasteiger partial charge in [-0.15, -0.1) is 0 Å². The second-order valence-electron chi connectivity index (χ2n) is 9.96. The van der Waals surface area contributed by atoms with Crippen LogP contribution in [0.5, 0.6) is 0 Å². The molecule has 0 bridgehead atoms. The molecule has 0 fully saturated rings. The molecule has 9 nitrogen and oxygen atoms in total. The highest BCUT2D eigenvalue weighted by molar-refractivity contribution is 5.96. The maximum Gasteiger partial charge on any atom is 0.224 e. The fourth-order valence-corrected chi connectivity index (χ4v) is 4.62. The lowest BCUT2D eigenvalue weighted by atomic mass is 10.1. The van der Waals surface area contributed by atoms with E-state index in [0.29, 0.717) is 46.0 Å². The summed E-state index contributed by atoms with van der Waals surface area (Å²) in [4.78, 5) is 33.7. The summed E-state index contributed by atoms with van der Waals surface area (Å²) in [6, 6.07) is 10.5. The van der Waals surface area contributed by atoms with E-state index in [1.165, 1.54) is 12.1 Å². The summed E-state index contributed by atoms with van der Waals surface area (Å²) in [6.45, 7) is 5.84. The lowest BCUT2D eigenvalue weighted by Gasteiger charge is -2.08. The molecule has 5 aromatic heterocycles. The number of nitrogens with zero attached hydrogens (tertiary/aromatic N) is 5. The van der Waals surface area contributed by atoms with Gasteiger partial charge in [-0.25, -0.2) is 14.4 Å². The lowest BCUT2D eigenvalue weighted by Crippen LogP contribution is -2.13. The number of imidazole rings is 1. The average Bonchev–Trinajstić information content (AvgIpc) is 3.51. The SMILES string of the molecule is Cc1cc(F)cc(-c2nccc3[nH]c(-c4n[nH]c5ncc(-c6cncc(NC(=O)CC(C)C)c6)cc45)nc23)c1. The van der Waals surface area contributed by atoms with Gasteiger partial charge in [0.1, 0.15) is 17.0 Å². The lowest BCUT2D eigenvalue weighted by molar-refractivity contribution is -0.116. The predicted molar refractivity (Wildman–Crippen MR) is 148 cm³/mol. The van der Waals surface area contributed by atoms with Gasteiger partial charge in [0.15, 0.2) is 11.5 Å². The van der Waals surface area contributed by atoms with E-state index in [9.17, 15) is 9.18 Å². The third kappa shape index (κ3) is 4.84. The molecule has 5 heterocycles. The smallest absolute Gasteiger partial charge is 0.224 e. The normalized spacial score (nSPS) is 11.5. The molecule has 6 rings (SSSR count). The number of halogens is 1. The van der Waals surface area contributed by atoms with Crippen molar-refractivity contribution in [1.29, 1.82) is 0 Å². The Hall–Kier alpha value is -4.99. The van der Waals surface area contributed by atoms with Crippen LogP contribution in [-0.4, -0.2) is 41.0 Å². The molecule has 0 spiro atoms. The number of carbonyl (C=O) groups is 1. The number of H-pyrrole nitrogens is 2. The zero-order chi connectivity index (χ0) is 27.1. The number of pyridine rings is 3. The van der Waals surface area contributed by atoms with Gasteiger partial charge >= 0.3 is 0 Å². The van der Waals surface area contributed by atoms with E-state index >= 15 is 0 Å². The molecule has 0 aliphatic carbocycles. The zero-order valence-electron chi connectivity index (χ0n) is 21.6. The number of benzene rings is 1. The summed E-state index contributed by atoms with van der Waals surface area (Å²) in [5.41, 5.74) is 6.83. The van der Waals surface area contributed by atoms with Crippen LogP contribution in [0.15, 0.2) is 61.2 Å². The van der Waals surface area contributed by atoms with E-state index in [1.807, 2.05) is 45.0 Å². The standard InChI is InChI=1S/C29H25FN8O/c1-15(2)6-24(39)34-21-10-18(12-31-14-21)19-11-22-26(37-38-28(22)33-13-19)29-35-23-4-5-32-25(27(23)36-29)17-7-16(3)8-20(30)9-17/h4-5,7-15H,6H2,1-3H3,(H,34,39)(H,35,36)(H,33,37,38). The van der Waals surface area contributed by atoms with Gasteiger partial charge in [-0.05, 0) is 54.8 Å². The monoisotopic (exact) mass is 520 g/mol. The van der Waals surface area contributed by atoms with Crippen LogP contribution in [0.4, 0.5) is 10.1 Å². The number of anilines is 1. The van der Waals surface area contributed by atoms with Crippen LogP contribution >= 0.6 is 0 Å². The fraction of sp³-hybridized carbons (Fsp3) is 0.172. The summed E-state index contributed by atoms with van der Waals surface area (Å²) in [5.74, 6) is 0.414. The van der Waals surface area contributed by atoms with Crippen molar-refractivity contribution < 1.29 is 9.18 Å². The Bertz CT molecular complexity index is 1840. The molecule has 0 atom stereocenters. The quantitative estimate of drug-likeness (QED) is 0.245. The molecule has 0 saturated carbocycles. The second kappa shape index (κ2) is 9.71. The summed E-state index contributed by atoms with van der Waals surface area (Å²) in [5, 5.41) is 11.1. The third-order valence-corrected chi connectivity index (χ3v) is 6.31. The summed E-state index contributed by atoms with van der Waals surface area (Å²) >= 11 is 0. The number of carbonyl (C=O) groups excluding carboxylic acids is 1. The minimum Gasteiger partial charge on any atom is -0.336 e. The first-order valence-electron chi connectivity index (χ1n) is 12.6. The highest BCUT2D eigenvalue weighted by Gasteiger charge is 2.18. The van der Waals surface area contributed by atoms with E-state index in [0.717, 1.165) is 27.6 Å². The number of nitrogens with one attached hydrogen (secondary N) is 3. The van der Waals surface area contributed by atoms with Crippen LogP contribution in [0.3, 0.4) is 0 Å². The summed E-state index contributed by atoms with van der Waals surface area (Å²) < 4.78 is 14.1. The molecular weight excluding hydrogens is 495 g/mol. The maximum atomic E-state index is 14.1. The van der Waals surface area contributed by atoms with E-state index < -0.39 is 0 Å². The van der Waals surface area contributed by atoms with Gasteiger partial charge < -0.3 is 10.3 Å². The molecule has 0 aliphatic rings. The molecular formula is C29H25FN8O. The third-order valence-electron chi connectivity index (χ3n) is 6.31. The number of aryl methyl sites for hydroxylation is 1. The first-order chi connectivity index (χ1) is 18.8. The summed E-state index contributed by atoms with van der Waals surface area (Å²) in [7, 11) is 0. The van der Waals surface area contributed by atoms with Gasteiger partial charge in [-0.1, -0.05) is 13.8 Å². The van der Waals surface area contributed by atoms with Crippen LogP contribution in [-0.2, 0) is 4.79 Å². The first-order valence-corrected chi connectivity index (χ1v) is 12.6. The molecule has 0 unspecified atom stereocenters. The van der Waals surface area contributed by atoms with E-state index in [2.05, 4.69) is 35.5 Å². The minimum atomic E-state index is -0.325. The highest BCUT2D eigenvalue weighted by atomic mass is 19.1. The Morgan fingerprint density at radius 3 is 2.67 bits per heavy atom. The van der Waals surface area contributed by atoms with Crippen molar-refractivity contribution in [3.05, 3.63) is 72.6 Å². The maximum absolute atomic E-state index is 14.1. The number of amides is 1. The number of rotatable bonds is 6. The van der Waals surface area contributed by atoms with E-state index in [-0.39, 0.29) is 17.6 Å². The molecule has 1 amide bonds. The predicted octanol–water partition coefficient (Wildman–Crippen LogP) is 6.06. The molecule has 194 valence electrons. The van der Waals surface area contributed by atoms with E-state index in [4.69, 9.17) is 4.98 Å². The Labute approximate surface area is 223 Å². The number of aromatic amines is 2. The number of aromatic nitrogens is 7. The van der Waals surface area contributed by atoms with Crippen LogP contribution in [0.1, 0.15) is 25.8 Å².